The summed E-state index contributed by atoms with van der Waals surface area (Å²) in [5.74, 6) is -1.52. The highest BCUT2D eigenvalue weighted by Crippen LogP contribution is 2.43. The summed E-state index contributed by atoms with van der Waals surface area (Å²) < 4.78 is 39.6. The van der Waals surface area contributed by atoms with Gasteiger partial charge in [0.2, 0.25) is 0 Å². The standard InChI is InChI=1S/C66H113O11P/c1-4-7-10-13-16-19-22-25-28-30-31-33-36-39-42-45-48-51-54-57-66(70)77-63(59-73-64(68)55-52-49-46-43-40-37-35-32-29-26-23-20-17-14-11-8-5-2)61-75-78(71,72)74-60-62(58-67)76-65(69)56-53-50-47-44-41-38-34-27-24-21-18-15-12-9-6-3/h8,11,16-17,19-20,25-29,31,33-35,37,62-63,67H,4-7,9-10,12-15,18,21-24,30,32,36,38-61H2,1-3H3,(H,71,72)/b11-8-,19-16-,20-17-,28-25-,29-26-,33-31-,34-27-,37-35-. The predicted octanol–water partition coefficient (Wildman–Crippen LogP) is 18.8. The second-order valence-corrected chi connectivity index (χ2v) is 21.9. The maximum Gasteiger partial charge on any atom is 0.472 e. The number of aliphatic hydroxyl groups excluding tert-OH is 1. The Bertz CT molecular complexity index is 1680. The quantitative estimate of drug-likeness (QED) is 0.0197. The predicted molar refractivity (Wildman–Crippen MR) is 325 cm³/mol. The number of ether oxygens (including phenoxy) is 3. The van der Waals surface area contributed by atoms with E-state index in [1.165, 1.54) is 64.2 Å². The van der Waals surface area contributed by atoms with E-state index in [1.807, 2.05) is 0 Å². The van der Waals surface area contributed by atoms with Crippen LogP contribution >= 0.6 is 7.82 Å². The summed E-state index contributed by atoms with van der Waals surface area (Å²) in [6, 6.07) is 0. The van der Waals surface area contributed by atoms with E-state index in [4.69, 9.17) is 23.3 Å². The van der Waals surface area contributed by atoms with Crippen LogP contribution in [-0.4, -0.2) is 66.5 Å². The molecule has 0 aliphatic carbocycles. The van der Waals surface area contributed by atoms with Crippen LogP contribution in [0.3, 0.4) is 0 Å². The summed E-state index contributed by atoms with van der Waals surface area (Å²) >= 11 is 0. The maximum atomic E-state index is 12.9. The van der Waals surface area contributed by atoms with Gasteiger partial charge in [-0.25, -0.2) is 4.57 Å². The van der Waals surface area contributed by atoms with Crippen LogP contribution in [-0.2, 0) is 42.2 Å². The summed E-state index contributed by atoms with van der Waals surface area (Å²) in [4.78, 5) is 48.7. The van der Waals surface area contributed by atoms with Gasteiger partial charge < -0.3 is 24.2 Å². The SMILES string of the molecule is CC/C=C\C/C=C\C/C=C\C/C=C\CCCCCCC(=O)OCC(COP(=O)(O)OCC(CO)OC(=O)CCCCCCC/C=C\CCCCCCCC)OC(=O)CCCCCCCC/C=C\C/C=C\C/C=C\CCCCC. The molecule has 0 fully saturated rings. The van der Waals surface area contributed by atoms with Crippen LogP contribution in [0, 0.1) is 0 Å². The molecule has 2 N–H and O–H groups in total. The molecule has 11 nitrogen and oxygen atoms in total. The van der Waals surface area contributed by atoms with Crippen molar-refractivity contribution in [1.29, 1.82) is 0 Å². The highest BCUT2D eigenvalue weighted by Gasteiger charge is 2.28. The number of esters is 3. The highest BCUT2D eigenvalue weighted by molar-refractivity contribution is 7.47. The molecule has 12 heteroatoms. The van der Waals surface area contributed by atoms with Gasteiger partial charge in [-0.1, -0.05) is 221 Å². The van der Waals surface area contributed by atoms with Crippen molar-refractivity contribution in [1.82, 2.24) is 0 Å². The molecule has 0 aliphatic heterocycles. The number of phosphoric ester groups is 1. The maximum absolute atomic E-state index is 12.9. The summed E-state index contributed by atoms with van der Waals surface area (Å²) in [6.07, 6.45) is 70.7. The van der Waals surface area contributed by atoms with Crippen molar-refractivity contribution in [3.63, 3.8) is 0 Å². The number of carbonyl (C=O) groups is 3. The van der Waals surface area contributed by atoms with Crippen LogP contribution in [0.2, 0.25) is 0 Å². The van der Waals surface area contributed by atoms with Crippen molar-refractivity contribution in [3.05, 3.63) is 97.2 Å². The lowest BCUT2D eigenvalue weighted by Gasteiger charge is -2.21. The molecule has 0 aromatic rings. The molecule has 0 amide bonds. The monoisotopic (exact) mass is 1110 g/mol. The summed E-state index contributed by atoms with van der Waals surface area (Å²) in [6.45, 7) is 4.46. The van der Waals surface area contributed by atoms with E-state index in [0.29, 0.717) is 19.3 Å². The Labute approximate surface area is 476 Å². The Hall–Kier alpha value is -3.60. The molecule has 0 aromatic heterocycles. The van der Waals surface area contributed by atoms with Crippen molar-refractivity contribution in [2.75, 3.05) is 26.4 Å². The van der Waals surface area contributed by atoms with Crippen molar-refractivity contribution in [3.8, 4) is 0 Å². The fraction of sp³-hybridized carbons (Fsp3) is 0.712. The number of allylic oxidation sites excluding steroid dienone is 16. The third-order valence-electron chi connectivity index (χ3n) is 13.0. The van der Waals surface area contributed by atoms with Gasteiger partial charge in [0.25, 0.3) is 0 Å². The first-order chi connectivity index (χ1) is 38.2. The van der Waals surface area contributed by atoms with Gasteiger partial charge in [-0.05, 0) is 122 Å². The Morgan fingerprint density at radius 3 is 1.06 bits per heavy atom. The first-order valence-electron chi connectivity index (χ1n) is 31.1. The smallest absolute Gasteiger partial charge is 0.462 e. The van der Waals surface area contributed by atoms with Crippen molar-refractivity contribution < 1.29 is 52.2 Å². The Morgan fingerprint density at radius 1 is 0.372 bits per heavy atom. The number of hydrogen-bond acceptors (Lipinski definition) is 10. The molecule has 78 heavy (non-hydrogen) atoms. The zero-order valence-corrected chi connectivity index (χ0v) is 50.5. The number of aliphatic hydroxyl groups is 1. The average Bonchev–Trinajstić information content (AvgIpc) is 3.43. The van der Waals surface area contributed by atoms with Crippen molar-refractivity contribution >= 4 is 25.7 Å². The zero-order chi connectivity index (χ0) is 56.9. The molecule has 0 rings (SSSR count). The summed E-state index contributed by atoms with van der Waals surface area (Å²) in [5.41, 5.74) is 0. The van der Waals surface area contributed by atoms with Gasteiger partial charge in [0.1, 0.15) is 12.7 Å². The highest BCUT2D eigenvalue weighted by atomic mass is 31.2. The van der Waals surface area contributed by atoms with Crippen LogP contribution in [0.5, 0.6) is 0 Å². The minimum Gasteiger partial charge on any atom is -0.462 e. The van der Waals surface area contributed by atoms with E-state index >= 15 is 0 Å². The molecular weight excluding hydrogens is 1000 g/mol. The third-order valence-corrected chi connectivity index (χ3v) is 13.9. The average molecular weight is 1110 g/mol. The number of unbranched alkanes of at least 4 members (excludes halogenated alkanes) is 24. The molecule has 3 unspecified atom stereocenters. The van der Waals surface area contributed by atoms with Gasteiger partial charge in [-0.3, -0.25) is 23.4 Å². The fourth-order valence-corrected chi connectivity index (χ4v) is 9.01. The van der Waals surface area contributed by atoms with Crippen LogP contribution in [0.4, 0.5) is 0 Å². The largest absolute Gasteiger partial charge is 0.472 e. The Kier molecular flexibility index (Phi) is 56.8. The summed E-state index contributed by atoms with van der Waals surface area (Å²) in [7, 11) is -4.77. The first kappa shape index (κ1) is 74.4. The van der Waals surface area contributed by atoms with Crippen LogP contribution in [0.25, 0.3) is 0 Å². The number of carbonyl (C=O) groups excluding carboxylic acids is 3. The van der Waals surface area contributed by atoms with Gasteiger partial charge in [0.15, 0.2) is 6.10 Å². The Morgan fingerprint density at radius 2 is 0.667 bits per heavy atom. The number of phosphoric acid groups is 1. The second kappa shape index (κ2) is 59.5. The minimum absolute atomic E-state index is 0.143. The van der Waals surface area contributed by atoms with Gasteiger partial charge in [0, 0.05) is 19.3 Å². The van der Waals surface area contributed by atoms with Crippen molar-refractivity contribution in [2.24, 2.45) is 0 Å². The van der Waals surface area contributed by atoms with E-state index in [-0.39, 0.29) is 25.9 Å². The first-order valence-corrected chi connectivity index (χ1v) is 32.6. The fourth-order valence-electron chi connectivity index (χ4n) is 8.23. The van der Waals surface area contributed by atoms with Gasteiger partial charge in [-0.2, -0.15) is 0 Å². The zero-order valence-electron chi connectivity index (χ0n) is 49.6. The molecule has 0 aromatic carbocycles. The molecule has 3 atom stereocenters. The molecule has 0 aliphatic rings. The van der Waals surface area contributed by atoms with Crippen molar-refractivity contribution in [2.45, 2.75) is 277 Å². The summed E-state index contributed by atoms with van der Waals surface area (Å²) in [5, 5.41) is 9.84. The number of hydrogen-bond donors (Lipinski definition) is 2. The van der Waals surface area contributed by atoms with Crippen LogP contribution in [0.15, 0.2) is 97.2 Å². The van der Waals surface area contributed by atoms with E-state index in [1.54, 1.807) is 0 Å². The molecule has 0 spiro atoms. The molecule has 0 bridgehead atoms. The van der Waals surface area contributed by atoms with E-state index < -0.39 is 57.8 Å². The molecular formula is C66H113O11P. The number of rotatable bonds is 57. The second-order valence-electron chi connectivity index (χ2n) is 20.5. The lowest BCUT2D eigenvalue weighted by molar-refractivity contribution is -0.161. The van der Waals surface area contributed by atoms with Gasteiger partial charge >= 0.3 is 25.7 Å². The van der Waals surface area contributed by atoms with E-state index in [2.05, 4.69) is 118 Å². The normalized spacial score (nSPS) is 14.0. The topological polar surface area (TPSA) is 155 Å². The van der Waals surface area contributed by atoms with E-state index in [9.17, 15) is 28.9 Å². The molecule has 0 heterocycles. The van der Waals surface area contributed by atoms with Crippen LogP contribution in [0.1, 0.15) is 265 Å². The van der Waals surface area contributed by atoms with Gasteiger partial charge in [0.05, 0.1) is 19.8 Å². The Balaban J connectivity index is 4.79. The lowest BCUT2D eigenvalue weighted by Crippen LogP contribution is -2.30. The molecule has 0 saturated carbocycles. The molecule has 0 radical (unpaired) electrons. The third kappa shape index (κ3) is 57.1. The molecule has 0 saturated heterocycles. The lowest BCUT2D eigenvalue weighted by atomic mass is 10.1. The van der Waals surface area contributed by atoms with E-state index in [0.717, 1.165) is 141 Å². The molecule has 448 valence electrons. The van der Waals surface area contributed by atoms with Crippen LogP contribution < -0.4 is 0 Å². The minimum atomic E-state index is -4.77. The van der Waals surface area contributed by atoms with Gasteiger partial charge in [-0.15, -0.1) is 0 Å².